The number of ether oxygens (including phenoxy) is 1. The molecule has 0 bridgehead atoms. The summed E-state index contributed by atoms with van der Waals surface area (Å²) in [6.45, 7) is 7.29. The second kappa shape index (κ2) is 11.0. The summed E-state index contributed by atoms with van der Waals surface area (Å²) in [5, 5.41) is 14.3. The third-order valence-electron chi connectivity index (χ3n) is 3.81. The first kappa shape index (κ1) is 22.2. The maximum atomic E-state index is 12.5. The topological polar surface area (TPSA) is 105 Å². The summed E-state index contributed by atoms with van der Waals surface area (Å²) in [4.78, 5) is 35.9. The molecule has 1 rings (SSSR count). The molecule has 2 amide bonds. The normalized spacial score (nSPS) is 12.6. The number of nitrogens with one attached hydrogen (secondary N) is 2. The number of hydrogen-bond acceptors (Lipinski definition) is 4. The van der Waals surface area contributed by atoms with E-state index in [1.807, 2.05) is 44.2 Å². The van der Waals surface area contributed by atoms with Gasteiger partial charge in [-0.2, -0.15) is 0 Å². The van der Waals surface area contributed by atoms with Crippen LogP contribution in [-0.4, -0.2) is 35.2 Å². The number of allylic oxidation sites excluding steroid dienone is 1. The molecule has 0 aliphatic carbocycles. The summed E-state index contributed by atoms with van der Waals surface area (Å²) >= 11 is 0. The van der Waals surface area contributed by atoms with Crippen molar-refractivity contribution in [3.63, 3.8) is 0 Å². The third-order valence-corrected chi connectivity index (χ3v) is 3.81. The van der Waals surface area contributed by atoms with E-state index >= 15 is 0 Å². The van der Waals surface area contributed by atoms with Crippen LogP contribution in [0.4, 0.5) is 4.79 Å². The van der Waals surface area contributed by atoms with Crippen LogP contribution in [0.2, 0.25) is 0 Å². The van der Waals surface area contributed by atoms with E-state index in [-0.39, 0.29) is 18.9 Å². The smallest absolute Gasteiger partial charge is 0.408 e. The number of carboxylic acid groups (broad SMARTS) is 1. The van der Waals surface area contributed by atoms with Crippen LogP contribution in [-0.2, 0) is 20.9 Å². The van der Waals surface area contributed by atoms with Crippen molar-refractivity contribution in [2.24, 2.45) is 5.92 Å². The Morgan fingerprint density at radius 1 is 1.11 bits per heavy atom. The number of carbonyl (C=O) groups is 3. The van der Waals surface area contributed by atoms with Crippen molar-refractivity contribution >= 4 is 18.0 Å². The number of aliphatic carboxylic acids is 1. The molecule has 0 unspecified atom stereocenters. The first-order valence-electron chi connectivity index (χ1n) is 8.84. The molecule has 27 heavy (non-hydrogen) atoms. The summed E-state index contributed by atoms with van der Waals surface area (Å²) in [6.07, 6.45) is 1.18. The molecule has 0 saturated carbocycles. The third kappa shape index (κ3) is 8.40. The van der Waals surface area contributed by atoms with E-state index in [4.69, 9.17) is 4.74 Å². The van der Waals surface area contributed by atoms with Gasteiger partial charge in [0.05, 0.1) is 0 Å². The molecule has 2 atom stereocenters. The molecule has 148 valence electrons. The molecule has 1 aromatic carbocycles. The molecule has 0 spiro atoms. The van der Waals surface area contributed by atoms with E-state index in [0.29, 0.717) is 0 Å². The number of amides is 2. The summed E-state index contributed by atoms with van der Waals surface area (Å²) < 4.78 is 5.13. The SMILES string of the molecule is CC(C)=CC[C@H](NC(=O)[C@@H](NC(=O)OCc1ccccc1)C(C)C)C(=O)O. The van der Waals surface area contributed by atoms with Crippen molar-refractivity contribution in [3.05, 3.63) is 47.5 Å². The fourth-order valence-electron chi connectivity index (χ4n) is 2.26. The van der Waals surface area contributed by atoms with Gasteiger partial charge in [0.15, 0.2) is 0 Å². The zero-order valence-electron chi connectivity index (χ0n) is 16.2. The van der Waals surface area contributed by atoms with Crippen LogP contribution in [0.25, 0.3) is 0 Å². The van der Waals surface area contributed by atoms with E-state index in [1.165, 1.54) is 0 Å². The molecule has 0 aromatic heterocycles. The van der Waals surface area contributed by atoms with Crippen LogP contribution in [0, 0.1) is 5.92 Å². The van der Waals surface area contributed by atoms with Gasteiger partial charge in [-0.25, -0.2) is 9.59 Å². The second-order valence-electron chi connectivity index (χ2n) is 6.84. The molecule has 0 radical (unpaired) electrons. The molecular weight excluding hydrogens is 348 g/mol. The zero-order chi connectivity index (χ0) is 20.4. The number of hydrogen-bond donors (Lipinski definition) is 3. The lowest BCUT2D eigenvalue weighted by atomic mass is 10.0. The largest absolute Gasteiger partial charge is 0.480 e. The summed E-state index contributed by atoms with van der Waals surface area (Å²) in [7, 11) is 0. The maximum Gasteiger partial charge on any atom is 0.408 e. The minimum Gasteiger partial charge on any atom is -0.480 e. The van der Waals surface area contributed by atoms with Crippen LogP contribution in [0.1, 0.15) is 39.7 Å². The highest BCUT2D eigenvalue weighted by atomic mass is 16.5. The predicted octanol–water partition coefficient (Wildman–Crippen LogP) is 2.86. The fraction of sp³-hybridized carbons (Fsp3) is 0.450. The lowest BCUT2D eigenvalue weighted by Gasteiger charge is -2.23. The van der Waals surface area contributed by atoms with Gasteiger partial charge >= 0.3 is 12.1 Å². The van der Waals surface area contributed by atoms with Gasteiger partial charge in [0.25, 0.3) is 0 Å². The Balaban J connectivity index is 2.67. The fourth-order valence-corrected chi connectivity index (χ4v) is 2.26. The Bertz CT molecular complexity index is 666. The second-order valence-corrected chi connectivity index (χ2v) is 6.84. The van der Waals surface area contributed by atoms with Crippen molar-refractivity contribution in [3.8, 4) is 0 Å². The molecule has 3 N–H and O–H groups in total. The minimum atomic E-state index is -1.13. The molecule has 0 aliphatic heterocycles. The minimum absolute atomic E-state index is 0.0808. The van der Waals surface area contributed by atoms with Gasteiger partial charge in [-0.05, 0) is 31.7 Å². The van der Waals surface area contributed by atoms with Crippen LogP contribution in [0.5, 0.6) is 0 Å². The Hall–Kier alpha value is -2.83. The average molecular weight is 376 g/mol. The van der Waals surface area contributed by atoms with E-state index < -0.39 is 30.1 Å². The Morgan fingerprint density at radius 2 is 1.74 bits per heavy atom. The molecule has 0 aliphatic rings. The van der Waals surface area contributed by atoms with Gasteiger partial charge < -0.3 is 20.5 Å². The summed E-state index contributed by atoms with van der Waals surface area (Å²) in [5.74, 6) is -1.93. The molecule has 0 heterocycles. The van der Waals surface area contributed by atoms with Crippen LogP contribution in [0.3, 0.4) is 0 Å². The van der Waals surface area contributed by atoms with Gasteiger partial charge in [0.2, 0.25) is 5.91 Å². The first-order valence-corrected chi connectivity index (χ1v) is 8.84. The standard InChI is InChI=1S/C20H28N2O5/c1-13(2)10-11-16(19(24)25)21-18(23)17(14(3)4)22-20(26)27-12-15-8-6-5-7-9-15/h5-10,14,16-17H,11-12H2,1-4H3,(H,21,23)(H,22,26)(H,24,25)/t16-,17-/m0/s1. The number of benzene rings is 1. The van der Waals surface area contributed by atoms with Crippen LogP contribution in [0.15, 0.2) is 42.0 Å². The highest BCUT2D eigenvalue weighted by Gasteiger charge is 2.28. The quantitative estimate of drug-likeness (QED) is 0.575. The molecule has 0 saturated heterocycles. The average Bonchev–Trinajstić information content (AvgIpc) is 2.61. The number of rotatable bonds is 9. The molecule has 1 aromatic rings. The summed E-state index contributed by atoms with van der Waals surface area (Å²) in [6, 6.07) is 7.20. The van der Waals surface area contributed by atoms with E-state index in [1.54, 1.807) is 19.9 Å². The summed E-state index contributed by atoms with van der Waals surface area (Å²) in [5.41, 5.74) is 1.78. The Morgan fingerprint density at radius 3 is 2.26 bits per heavy atom. The van der Waals surface area contributed by atoms with Gasteiger partial charge in [0.1, 0.15) is 18.7 Å². The van der Waals surface area contributed by atoms with Gasteiger partial charge in [-0.3, -0.25) is 4.79 Å². The van der Waals surface area contributed by atoms with E-state index in [9.17, 15) is 19.5 Å². The predicted molar refractivity (Wildman–Crippen MR) is 102 cm³/mol. The number of alkyl carbamates (subject to hydrolysis) is 1. The van der Waals surface area contributed by atoms with Gasteiger partial charge in [0, 0.05) is 0 Å². The Kier molecular flexibility index (Phi) is 9.05. The van der Waals surface area contributed by atoms with Crippen molar-refractivity contribution in [1.82, 2.24) is 10.6 Å². The monoisotopic (exact) mass is 376 g/mol. The van der Waals surface area contributed by atoms with Crippen molar-refractivity contribution in [2.45, 2.75) is 52.8 Å². The van der Waals surface area contributed by atoms with Crippen molar-refractivity contribution < 1.29 is 24.2 Å². The van der Waals surface area contributed by atoms with E-state index in [2.05, 4.69) is 10.6 Å². The lowest BCUT2D eigenvalue weighted by molar-refractivity contribution is -0.142. The van der Waals surface area contributed by atoms with E-state index in [0.717, 1.165) is 11.1 Å². The van der Waals surface area contributed by atoms with Gasteiger partial charge in [-0.15, -0.1) is 0 Å². The van der Waals surface area contributed by atoms with Gasteiger partial charge in [-0.1, -0.05) is 55.8 Å². The maximum absolute atomic E-state index is 12.5. The zero-order valence-corrected chi connectivity index (χ0v) is 16.2. The van der Waals surface area contributed by atoms with Crippen molar-refractivity contribution in [1.29, 1.82) is 0 Å². The highest BCUT2D eigenvalue weighted by molar-refractivity contribution is 5.89. The van der Waals surface area contributed by atoms with Crippen molar-refractivity contribution in [2.75, 3.05) is 0 Å². The van der Waals surface area contributed by atoms with Crippen LogP contribution >= 0.6 is 0 Å². The van der Waals surface area contributed by atoms with Crippen LogP contribution < -0.4 is 10.6 Å². The first-order chi connectivity index (χ1) is 12.7. The lowest BCUT2D eigenvalue weighted by Crippen LogP contribution is -2.53. The molecule has 7 heteroatoms. The molecular formula is C20H28N2O5. The molecule has 7 nitrogen and oxygen atoms in total. The number of carboxylic acids is 1. The number of carbonyl (C=O) groups excluding carboxylic acids is 2. The Labute approximate surface area is 159 Å². The molecule has 0 fully saturated rings. The highest BCUT2D eigenvalue weighted by Crippen LogP contribution is 2.07.